The lowest BCUT2D eigenvalue weighted by Crippen LogP contribution is -2.52. The summed E-state index contributed by atoms with van der Waals surface area (Å²) in [5, 5.41) is 0.935. The number of fused-ring (bicyclic) bond motifs is 2. The number of hydrogen-bond acceptors (Lipinski definition) is 2. The van der Waals surface area contributed by atoms with Crippen molar-refractivity contribution in [2.75, 3.05) is 12.4 Å². The first-order valence-corrected chi connectivity index (χ1v) is 8.98. The third-order valence-corrected chi connectivity index (χ3v) is 6.89. The second kappa shape index (κ2) is 5.58. The number of alkyl halides is 1. The second-order valence-electron chi connectivity index (χ2n) is 7.09. The van der Waals surface area contributed by atoms with Crippen molar-refractivity contribution >= 4 is 15.9 Å². The Kier molecular flexibility index (Phi) is 4.08. The lowest BCUT2D eigenvalue weighted by Gasteiger charge is -2.48. The van der Waals surface area contributed by atoms with E-state index in [0.29, 0.717) is 12.5 Å². The fourth-order valence-corrected chi connectivity index (χ4v) is 5.83. The van der Waals surface area contributed by atoms with Crippen LogP contribution in [0, 0.1) is 17.3 Å². The first-order valence-electron chi connectivity index (χ1n) is 7.86. The molecule has 0 saturated heterocycles. The molecule has 2 nitrogen and oxygen atoms in total. The van der Waals surface area contributed by atoms with Crippen LogP contribution in [0.5, 0.6) is 5.75 Å². The standard InChI is InChI=1S/C18H25BrO2/c1-17(2)14-6-7-15(10-14)18(17,12-19)21-11-13-4-8-16(20-3)9-5-13/h4-5,8-9,14-15H,6-7,10-12H2,1-3H3. The van der Waals surface area contributed by atoms with Gasteiger partial charge < -0.3 is 9.47 Å². The second-order valence-corrected chi connectivity index (χ2v) is 7.65. The summed E-state index contributed by atoms with van der Waals surface area (Å²) in [6.07, 6.45) is 4.03. The van der Waals surface area contributed by atoms with Crippen LogP contribution in [-0.2, 0) is 11.3 Å². The zero-order chi connectivity index (χ0) is 15.1. The molecule has 2 bridgehead atoms. The monoisotopic (exact) mass is 352 g/mol. The normalized spacial score (nSPS) is 33.3. The van der Waals surface area contributed by atoms with Gasteiger partial charge in [-0.15, -0.1) is 0 Å². The minimum Gasteiger partial charge on any atom is -0.497 e. The van der Waals surface area contributed by atoms with Crippen LogP contribution >= 0.6 is 15.9 Å². The highest BCUT2D eigenvalue weighted by Gasteiger charge is 2.63. The third kappa shape index (κ3) is 2.33. The number of benzene rings is 1. The third-order valence-electron chi connectivity index (χ3n) is 6.06. The Labute approximate surface area is 136 Å². The number of hydrogen-bond donors (Lipinski definition) is 0. The average Bonchev–Trinajstić information content (AvgIpc) is 3.06. The molecule has 21 heavy (non-hydrogen) atoms. The molecule has 116 valence electrons. The largest absolute Gasteiger partial charge is 0.497 e. The molecule has 3 rings (SSSR count). The van der Waals surface area contributed by atoms with Crippen LogP contribution in [-0.4, -0.2) is 18.0 Å². The van der Waals surface area contributed by atoms with Gasteiger partial charge in [0, 0.05) is 5.33 Å². The quantitative estimate of drug-likeness (QED) is 0.708. The van der Waals surface area contributed by atoms with Gasteiger partial charge >= 0.3 is 0 Å². The molecular formula is C18H25BrO2. The molecule has 3 unspecified atom stereocenters. The molecule has 0 spiro atoms. The molecule has 3 atom stereocenters. The topological polar surface area (TPSA) is 18.5 Å². The van der Waals surface area contributed by atoms with E-state index in [1.54, 1.807) is 7.11 Å². The minimum atomic E-state index is -0.0180. The molecule has 0 heterocycles. The molecule has 1 aromatic rings. The number of ether oxygens (including phenoxy) is 2. The zero-order valence-corrected chi connectivity index (χ0v) is 14.8. The van der Waals surface area contributed by atoms with E-state index in [2.05, 4.69) is 41.9 Å². The lowest BCUT2D eigenvalue weighted by molar-refractivity contribution is -0.145. The van der Waals surface area contributed by atoms with E-state index < -0.39 is 0 Å². The number of halogens is 1. The van der Waals surface area contributed by atoms with E-state index in [1.807, 2.05) is 12.1 Å². The van der Waals surface area contributed by atoms with Crippen molar-refractivity contribution in [1.29, 1.82) is 0 Å². The van der Waals surface area contributed by atoms with Crippen molar-refractivity contribution in [3.63, 3.8) is 0 Å². The van der Waals surface area contributed by atoms with Gasteiger partial charge in [0.15, 0.2) is 0 Å². The predicted molar refractivity (Wildman–Crippen MR) is 88.9 cm³/mol. The van der Waals surface area contributed by atoms with E-state index in [9.17, 15) is 0 Å². The summed E-state index contributed by atoms with van der Waals surface area (Å²) >= 11 is 3.76. The fraction of sp³-hybridized carbons (Fsp3) is 0.667. The van der Waals surface area contributed by atoms with Crippen LogP contribution in [0.25, 0.3) is 0 Å². The summed E-state index contributed by atoms with van der Waals surface area (Å²) in [5.41, 5.74) is 1.46. The molecule has 0 aromatic heterocycles. The highest BCUT2D eigenvalue weighted by molar-refractivity contribution is 9.09. The molecule has 0 radical (unpaired) electrons. The minimum absolute atomic E-state index is 0.0180. The van der Waals surface area contributed by atoms with Crippen LogP contribution < -0.4 is 4.74 Å². The van der Waals surface area contributed by atoms with Crippen LogP contribution in [0.1, 0.15) is 38.7 Å². The molecule has 0 aliphatic heterocycles. The van der Waals surface area contributed by atoms with Gasteiger partial charge in [0.2, 0.25) is 0 Å². The van der Waals surface area contributed by atoms with Gasteiger partial charge in [0.05, 0.1) is 19.3 Å². The Balaban J connectivity index is 1.75. The smallest absolute Gasteiger partial charge is 0.118 e. The maximum Gasteiger partial charge on any atom is 0.118 e. The van der Waals surface area contributed by atoms with Crippen molar-refractivity contribution in [2.45, 2.75) is 45.3 Å². The van der Waals surface area contributed by atoms with Crippen molar-refractivity contribution in [2.24, 2.45) is 17.3 Å². The van der Waals surface area contributed by atoms with Crippen molar-refractivity contribution in [3.8, 4) is 5.75 Å². The van der Waals surface area contributed by atoms with Gasteiger partial charge in [-0.2, -0.15) is 0 Å². The van der Waals surface area contributed by atoms with Gasteiger partial charge in [0.25, 0.3) is 0 Å². The molecule has 2 aliphatic carbocycles. The van der Waals surface area contributed by atoms with Crippen molar-refractivity contribution in [1.82, 2.24) is 0 Å². The molecule has 2 fully saturated rings. The maximum atomic E-state index is 6.56. The summed E-state index contributed by atoms with van der Waals surface area (Å²) < 4.78 is 11.8. The van der Waals surface area contributed by atoms with Crippen LogP contribution in [0.2, 0.25) is 0 Å². The van der Waals surface area contributed by atoms with Gasteiger partial charge in [-0.05, 0) is 54.2 Å². The Hall–Kier alpha value is -0.540. The molecule has 3 heteroatoms. The fourth-order valence-electron chi connectivity index (χ4n) is 4.49. The Morgan fingerprint density at radius 3 is 2.33 bits per heavy atom. The summed E-state index contributed by atoms with van der Waals surface area (Å²) in [4.78, 5) is 0. The summed E-state index contributed by atoms with van der Waals surface area (Å²) in [6, 6.07) is 8.21. The van der Waals surface area contributed by atoms with Crippen LogP contribution in [0.4, 0.5) is 0 Å². The van der Waals surface area contributed by atoms with Crippen LogP contribution in [0.3, 0.4) is 0 Å². The maximum absolute atomic E-state index is 6.56. The first-order chi connectivity index (χ1) is 10.0. The van der Waals surface area contributed by atoms with Crippen LogP contribution in [0.15, 0.2) is 24.3 Å². The summed E-state index contributed by atoms with van der Waals surface area (Å²) in [5.74, 6) is 2.42. The molecule has 0 N–H and O–H groups in total. The summed E-state index contributed by atoms with van der Waals surface area (Å²) in [7, 11) is 1.70. The molecule has 2 saturated carbocycles. The highest BCUT2D eigenvalue weighted by atomic mass is 79.9. The average molecular weight is 353 g/mol. The van der Waals surface area contributed by atoms with E-state index in [1.165, 1.54) is 24.8 Å². The van der Waals surface area contributed by atoms with Gasteiger partial charge in [0.1, 0.15) is 5.75 Å². The Morgan fingerprint density at radius 1 is 1.14 bits per heavy atom. The molecule has 2 aliphatic rings. The van der Waals surface area contributed by atoms with E-state index in [4.69, 9.17) is 9.47 Å². The van der Waals surface area contributed by atoms with Crippen molar-refractivity contribution in [3.05, 3.63) is 29.8 Å². The zero-order valence-electron chi connectivity index (χ0n) is 13.2. The van der Waals surface area contributed by atoms with Gasteiger partial charge in [-0.3, -0.25) is 0 Å². The van der Waals surface area contributed by atoms with Gasteiger partial charge in [-0.25, -0.2) is 0 Å². The van der Waals surface area contributed by atoms with Crippen molar-refractivity contribution < 1.29 is 9.47 Å². The highest BCUT2D eigenvalue weighted by Crippen LogP contribution is 2.63. The van der Waals surface area contributed by atoms with E-state index in [-0.39, 0.29) is 11.0 Å². The SMILES string of the molecule is COc1ccc(COC2(CBr)C3CCC(C3)C2(C)C)cc1. The molecule has 1 aromatic carbocycles. The lowest BCUT2D eigenvalue weighted by atomic mass is 9.66. The number of rotatable bonds is 5. The first kappa shape index (κ1) is 15.4. The van der Waals surface area contributed by atoms with E-state index in [0.717, 1.165) is 17.0 Å². The molecule has 0 amide bonds. The Bertz CT molecular complexity index is 496. The van der Waals surface area contributed by atoms with E-state index >= 15 is 0 Å². The van der Waals surface area contributed by atoms with Gasteiger partial charge in [-0.1, -0.05) is 41.9 Å². The Morgan fingerprint density at radius 2 is 1.81 bits per heavy atom. The summed E-state index contributed by atoms with van der Waals surface area (Å²) in [6.45, 7) is 5.47. The number of methoxy groups -OCH3 is 1. The molecular weight excluding hydrogens is 328 g/mol. The predicted octanol–water partition coefficient (Wildman–Crippen LogP) is 4.80.